The molecule has 158 valence electrons. The van der Waals surface area contributed by atoms with Crippen molar-refractivity contribution < 1.29 is 41.0 Å². The highest BCUT2D eigenvalue weighted by atomic mass is 19.4. The van der Waals surface area contributed by atoms with Crippen LogP contribution in [0, 0.1) is 6.92 Å². The van der Waals surface area contributed by atoms with Crippen molar-refractivity contribution in [1.82, 2.24) is 9.55 Å². The van der Waals surface area contributed by atoms with Crippen molar-refractivity contribution >= 4 is 11.8 Å². The molecule has 1 aromatic carbocycles. The highest BCUT2D eigenvalue weighted by Gasteiger charge is 2.58. The molecule has 2 heterocycles. The Labute approximate surface area is 161 Å². The third-order valence-corrected chi connectivity index (χ3v) is 3.87. The fourth-order valence-corrected chi connectivity index (χ4v) is 2.47. The summed E-state index contributed by atoms with van der Waals surface area (Å²) in [7, 11) is 0. The lowest BCUT2D eigenvalue weighted by Crippen LogP contribution is -2.41. The fourth-order valence-electron chi connectivity index (χ4n) is 2.47. The van der Waals surface area contributed by atoms with Gasteiger partial charge in [0.05, 0.1) is 12.2 Å². The Hall–Kier alpha value is -3.05. The van der Waals surface area contributed by atoms with E-state index in [1.807, 2.05) is 0 Å². The van der Waals surface area contributed by atoms with Crippen LogP contribution in [-0.2, 0) is 11.3 Å². The van der Waals surface area contributed by atoms with E-state index in [2.05, 4.69) is 15.0 Å². The van der Waals surface area contributed by atoms with Crippen molar-refractivity contribution in [3.8, 4) is 11.8 Å². The van der Waals surface area contributed by atoms with Gasteiger partial charge in [-0.05, 0) is 31.2 Å². The van der Waals surface area contributed by atoms with Gasteiger partial charge in [-0.1, -0.05) is 0 Å². The highest BCUT2D eigenvalue weighted by Crippen LogP contribution is 2.35. The number of alkyl halides is 5. The molecule has 1 unspecified atom stereocenters. The molecule has 1 N–H and O–H groups in total. The first-order valence-electron chi connectivity index (χ1n) is 8.35. The van der Waals surface area contributed by atoms with Crippen LogP contribution in [0.2, 0.25) is 0 Å². The normalized spacial score (nSPS) is 16.6. The summed E-state index contributed by atoms with van der Waals surface area (Å²) >= 11 is 0. The van der Waals surface area contributed by atoms with E-state index in [9.17, 15) is 26.7 Å². The van der Waals surface area contributed by atoms with Crippen molar-refractivity contribution in [2.24, 2.45) is 0 Å². The summed E-state index contributed by atoms with van der Waals surface area (Å²) in [6, 6.07) is 5.28. The van der Waals surface area contributed by atoms with E-state index in [-0.39, 0.29) is 18.0 Å². The average molecular weight is 421 g/mol. The third kappa shape index (κ3) is 5.06. The van der Waals surface area contributed by atoms with E-state index in [0.29, 0.717) is 12.6 Å². The van der Waals surface area contributed by atoms with Gasteiger partial charge in [-0.25, -0.2) is 9.78 Å². The topological polar surface area (TPSA) is 74.6 Å². The van der Waals surface area contributed by atoms with Gasteiger partial charge >= 0.3 is 18.2 Å². The lowest BCUT2D eigenvalue weighted by Gasteiger charge is -2.24. The standard InChI is InChI=1S/C17H16F5N3O4/c1-10-6-25-7-13(8-27-14(25)23-10)29-15(26)24-11-2-4-12(5-3-11)28-9-16(18,19)17(20,21)22/h2-6,13H,7-9H2,1H3,(H,24,26). The van der Waals surface area contributed by atoms with Gasteiger partial charge in [0.15, 0.2) is 12.7 Å². The molecule has 1 aromatic heterocycles. The Morgan fingerprint density at radius 1 is 1.28 bits per heavy atom. The molecule has 12 heteroatoms. The molecule has 3 rings (SSSR count). The van der Waals surface area contributed by atoms with Gasteiger partial charge in [-0.3, -0.25) is 9.88 Å². The van der Waals surface area contributed by atoms with Crippen LogP contribution in [0.1, 0.15) is 5.69 Å². The van der Waals surface area contributed by atoms with Gasteiger partial charge in [0, 0.05) is 11.9 Å². The number of carbonyl (C=O) groups excluding carboxylic acids is 1. The monoisotopic (exact) mass is 421 g/mol. The lowest BCUT2D eigenvalue weighted by atomic mass is 10.3. The van der Waals surface area contributed by atoms with Gasteiger partial charge < -0.3 is 14.2 Å². The number of hydrogen-bond donors (Lipinski definition) is 1. The molecule has 0 fully saturated rings. The summed E-state index contributed by atoms with van der Waals surface area (Å²) in [5, 5.41) is 2.42. The number of halogens is 5. The highest BCUT2D eigenvalue weighted by molar-refractivity contribution is 5.84. The zero-order valence-electron chi connectivity index (χ0n) is 15.0. The van der Waals surface area contributed by atoms with E-state index in [4.69, 9.17) is 9.47 Å². The first kappa shape index (κ1) is 20.7. The van der Waals surface area contributed by atoms with Crippen LogP contribution >= 0.6 is 0 Å². The minimum atomic E-state index is -5.70. The number of carbonyl (C=O) groups is 1. The number of fused-ring (bicyclic) bond motifs is 1. The van der Waals surface area contributed by atoms with E-state index in [1.54, 1.807) is 17.7 Å². The second-order valence-electron chi connectivity index (χ2n) is 6.30. The second kappa shape index (κ2) is 7.76. The molecule has 2 aromatic rings. The first-order valence-corrected chi connectivity index (χ1v) is 8.35. The summed E-state index contributed by atoms with van der Waals surface area (Å²) in [4.78, 5) is 16.1. The summed E-state index contributed by atoms with van der Waals surface area (Å²) in [5.74, 6) is -5.18. The van der Waals surface area contributed by atoms with Crippen LogP contribution in [-0.4, -0.2) is 47.1 Å². The number of imidazole rings is 1. The third-order valence-electron chi connectivity index (χ3n) is 3.87. The molecule has 1 aliphatic heterocycles. The number of rotatable bonds is 5. The molecule has 1 atom stereocenters. The Morgan fingerprint density at radius 3 is 2.62 bits per heavy atom. The van der Waals surface area contributed by atoms with Crippen LogP contribution < -0.4 is 14.8 Å². The number of hydrogen-bond acceptors (Lipinski definition) is 5. The zero-order chi connectivity index (χ0) is 21.2. The van der Waals surface area contributed by atoms with Crippen molar-refractivity contribution in [2.45, 2.75) is 31.7 Å². The SMILES string of the molecule is Cc1cn2c(n1)OCC(OC(=O)Nc1ccc(OCC(F)(F)C(F)(F)F)cc1)C2. The molecule has 0 saturated heterocycles. The quantitative estimate of drug-likeness (QED) is 0.744. The van der Waals surface area contributed by atoms with Crippen molar-refractivity contribution in [3.05, 3.63) is 36.2 Å². The summed E-state index contributed by atoms with van der Waals surface area (Å²) in [6.45, 7) is 0.450. The first-order chi connectivity index (χ1) is 13.5. The Bertz CT molecular complexity index is 867. The largest absolute Gasteiger partial charge is 0.487 e. The molecule has 7 nitrogen and oxygen atoms in total. The number of nitrogens with one attached hydrogen (secondary N) is 1. The minimum Gasteiger partial charge on any atom is -0.487 e. The van der Waals surface area contributed by atoms with Crippen molar-refractivity contribution in [1.29, 1.82) is 0 Å². The smallest absolute Gasteiger partial charge is 0.456 e. The molecule has 29 heavy (non-hydrogen) atoms. The van der Waals surface area contributed by atoms with Gasteiger partial charge in [-0.2, -0.15) is 22.0 Å². The number of ether oxygens (including phenoxy) is 3. The minimum absolute atomic E-state index is 0.129. The number of aryl methyl sites for hydroxylation is 1. The van der Waals surface area contributed by atoms with E-state index in [1.165, 1.54) is 12.1 Å². The molecule has 1 aliphatic rings. The Morgan fingerprint density at radius 2 is 1.97 bits per heavy atom. The predicted octanol–water partition coefficient (Wildman–Crippen LogP) is 3.78. The zero-order valence-corrected chi connectivity index (χ0v) is 15.0. The van der Waals surface area contributed by atoms with E-state index in [0.717, 1.165) is 17.8 Å². The van der Waals surface area contributed by atoms with Gasteiger partial charge in [0.25, 0.3) is 6.01 Å². The molecular weight excluding hydrogens is 405 g/mol. The summed E-state index contributed by atoms with van der Waals surface area (Å²) < 4.78 is 78.8. The molecule has 0 bridgehead atoms. The number of anilines is 1. The fraction of sp³-hybridized carbons (Fsp3) is 0.412. The Balaban J connectivity index is 1.49. The maximum Gasteiger partial charge on any atom is 0.456 e. The molecule has 0 aliphatic carbocycles. The number of aromatic nitrogens is 2. The van der Waals surface area contributed by atoms with E-state index >= 15 is 0 Å². The molecule has 0 spiro atoms. The summed E-state index contributed by atoms with van der Waals surface area (Å²) in [6.07, 6.45) is -5.28. The van der Waals surface area contributed by atoms with Crippen LogP contribution in [0.15, 0.2) is 30.5 Å². The number of benzene rings is 1. The second-order valence-corrected chi connectivity index (χ2v) is 6.30. The average Bonchev–Trinajstić information content (AvgIpc) is 2.99. The van der Waals surface area contributed by atoms with Crippen LogP contribution in [0.3, 0.4) is 0 Å². The van der Waals surface area contributed by atoms with Gasteiger partial charge in [0.2, 0.25) is 0 Å². The van der Waals surface area contributed by atoms with Crippen molar-refractivity contribution in [3.63, 3.8) is 0 Å². The maximum absolute atomic E-state index is 12.8. The molecule has 1 amide bonds. The summed E-state index contributed by atoms with van der Waals surface area (Å²) in [5.41, 5.74) is 1.00. The number of amides is 1. The molecular formula is C17H16F5N3O4. The molecule has 0 radical (unpaired) electrons. The van der Waals surface area contributed by atoms with E-state index < -0.39 is 30.9 Å². The van der Waals surface area contributed by atoms with Crippen LogP contribution in [0.25, 0.3) is 0 Å². The van der Waals surface area contributed by atoms with Gasteiger partial charge in [-0.15, -0.1) is 0 Å². The van der Waals surface area contributed by atoms with Crippen LogP contribution in [0.5, 0.6) is 11.8 Å². The predicted molar refractivity (Wildman–Crippen MR) is 89.3 cm³/mol. The Kier molecular flexibility index (Phi) is 5.53. The molecule has 0 saturated carbocycles. The van der Waals surface area contributed by atoms with Crippen molar-refractivity contribution in [2.75, 3.05) is 18.5 Å². The lowest BCUT2D eigenvalue weighted by molar-refractivity contribution is -0.290. The van der Waals surface area contributed by atoms with Gasteiger partial charge in [0.1, 0.15) is 12.4 Å². The van der Waals surface area contributed by atoms with Crippen LogP contribution in [0.4, 0.5) is 32.4 Å². The number of nitrogens with zero attached hydrogens (tertiary/aromatic N) is 2. The maximum atomic E-state index is 12.8.